The van der Waals surface area contributed by atoms with Gasteiger partial charge in [0.05, 0.1) is 6.04 Å². The van der Waals surface area contributed by atoms with Crippen molar-refractivity contribution in [3.63, 3.8) is 0 Å². The highest BCUT2D eigenvalue weighted by atomic mass is 35.5. The SMILES string of the molecule is CO[C@H]1C(=O)N(CCCCl)[C@H]1c1ccccc1F. The van der Waals surface area contributed by atoms with Crippen LogP contribution in [0.1, 0.15) is 18.0 Å². The Bertz CT molecular complexity index is 441. The molecule has 2 atom stereocenters. The maximum absolute atomic E-state index is 13.8. The number of benzene rings is 1. The number of likely N-dealkylation sites (tertiary alicyclic amines) is 1. The van der Waals surface area contributed by atoms with Gasteiger partial charge in [-0.25, -0.2) is 4.39 Å². The summed E-state index contributed by atoms with van der Waals surface area (Å²) in [4.78, 5) is 13.4. The van der Waals surface area contributed by atoms with E-state index in [0.717, 1.165) is 0 Å². The molecule has 0 saturated carbocycles. The summed E-state index contributed by atoms with van der Waals surface area (Å²) in [5.74, 6) is 0.0644. The Kier molecular flexibility index (Phi) is 4.19. The van der Waals surface area contributed by atoms with Crippen molar-refractivity contribution >= 4 is 17.5 Å². The lowest BCUT2D eigenvalue weighted by Crippen LogP contribution is -2.59. The van der Waals surface area contributed by atoms with E-state index >= 15 is 0 Å². The van der Waals surface area contributed by atoms with Crippen LogP contribution >= 0.6 is 11.6 Å². The second-order valence-electron chi connectivity index (χ2n) is 4.20. The van der Waals surface area contributed by atoms with Gasteiger partial charge < -0.3 is 9.64 Å². The highest BCUT2D eigenvalue weighted by Crippen LogP contribution is 2.37. The van der Waals surface area contributed by atoms with Crippen LogP contribution in [0.4, 0.5) is 4.39 Å². The Labute approximate surface area is 110 Å². The van der Waals surface area contributed by atoms with E-state index in [-0.39, 0.29) is 17.8 Å². The molecule has 98 valence electrons. The average Bonchev–Trinajstić information content (AvgIpc) is 2.37. The summed E-state index contributed by atoms with van der Waals surface area (Å²) in [5, 5.41) is 0. The molecular weight excluding hydrogens is 257 g/mol. The van der Waals surface area contributed by atoms with Gasteiger partial charge in [-0.3, -0.25) is 4.79 Å². The summed E-state index contributed by atoms with van der Waals surface area (Å²) < 4.78 is 18.9. The fourth-order valence-corrected chi connectivity index (χ4v) is 2.39. The molecule has 5 heteroatoms. The molecule has 1 aliphatic rings. The third kappa shape index (κ3) is 2.22. The molecule has 0 spiro atoms. The van der Waals surface area contributed by atoms with Crippen molar-refractivity contribution in [3.05, 3.63) is 35.6 Å². The predicted octanol–water partition coefficient (Wildman–Crippen LogP) is 2.35. The number of hydrogen-bond acceptors (Lipinski definition) is 2. The Morgan fingerprint density at radius 1 is 1.44 bits per heavy atom. The minimum Gasteiger partial charge on any atom is -0.369 e. The molecule has 1 amide bonds. The number of β-lactam (4-membered cyclic amide) rings is 1. The summed E-state index contributed by atoms with van der Waals surface area (Å²) >= 11 is 5.63. The fraction of sp³-hybridized carbons (Fsp3) is 0.462. The zero-order valence-corrected chi connectivity index (χ0v) is 10.9. The van der Waals surface area contributed by atoms with Gasteiger partial charge >= 0.3 is 0 Å². The van der Waals surface area contributed by atoms with Gasteiger partial charge in [-0.1, -0.05) is 18.2 Å². The topological polar surface area (TPSA) is 29.5 Å². The van der Waals surface area contributed by atoms with E-state index in [0.29, 0.717) is 24.4 Å². The zero-order chi connectivity index (χ0) is 13.1. The van der Waals surface area contributed by atoms with Crippen LogP contribution in [0.2, 0.25) is 0 Å². The van der Waals surface area contributed by atoms with Gasteiger partial charge in [-0.2, -0.15) is 0 Å². The molecule has 1 saturated heterocycles. The summed E-state index contributed by atoms with van der Waals surface area (Å²) in [6.45, 7) is 0.529. The molecular formula is C13H15ClFNO2. The lowest BCUT2D eigenvalue weighted by molar-refractivity contribution is -0.171. The van der Waals surface area contributed by atoms with E-state index < -0.39 is 6.10 Å². The Balaban J connectivity index is 2.22. The van der Waals surface area contributed by atoms with E-state index in [1.807, 2.05) is 0 Å². The first-order chi connectivity index (χ1) is 8.70. The van der Waals surface area contributed by atoms with Gasteiger partial charge in [0.1, 0.15) is 5.82 Å². The molecule has 0 radical (unpaired) electrons. The van der Waals surface area contributed by atoms with Crippen LogP contribution in [-0.2, 0) is 9.53 Å². The Morgan fingerprint density at radius 3 is 2.78 bits per heavy atom. The summed E-state index contributed by atoms with van der Waals surface area (Å²) in [6.07, 6.45) is 0.103. The third-order valence-electron chi connectivity index (χ3n) is 3.16. The van der Waals surface area contributed by atoms with Crippen LogP contribution < -0.4 is 0 Å². The van der Waals surface area contributed by atoms with Crippen LogP contribution in [-0.4, -0.2) is 36.4 Å². The van der Waals surface area contributed by atoms with Crippen molar-refractivity contribution in [2.75, 3.05) is 19.5 Å². The van der Waals surface area contributed by atoms with E-state index in [2.05, 4.69) is 0 Å². The van der Waals surface area contributed by atoms with Crippen molar-refractivity contribution in [2.45, 2.75) is 18.6 Å². The molecule has 1 aromatic carbocycles. The van der Waals surface area contributed by atoms with Crippen LogP contribution in [0, 0.1) is 5.82 Å². The van der Waals surface area contributed by atoms with Crippen molar-refractivity contribution < 1.29 is 13.9 Å². The van der Waals surface area contributed by atoms with Crippen LogP contribution in [0.25, 0.3) is 0 Å². The number of amides is 1. The standard InChI is InChI=1S/C13H15ClFNO2/c1-18-12-11(9-5-2-3-6-10(9)15)16(13(12)17)8-4-7-14/h2-3,5-6,11-12H,4,7-8H2,1H3/t11-,12+/m0/s1. The second kappa shape index (κ2) is 5.67. The van der Waals surface area contributed by atoms with Crippen molar-refractivity contribution in [3.8, 4) is 0 Å². The number of methoxy groups -OCH3 is 1. The van der Waals surface area contributed by atoms with Crippen LogP contribution in [0.15, 0.2) is 24.3 Å². The first-order valence-electron chi connectivity index (χ1n) is 5.84. The van der Waals surface area contributed by atoms with E-state index in [9.17, 15) is 9.18 Å². The van der Waals surface area contributed by atoms with E-state index in [1.54, 1.807) is 23.1 Å². The molecule has 0 aliphatic carbocycles. The molecule has 2 rings (SSSR count). The lowest BCUT2D eigenvalue weighted by Gasteiger charge is -2.46. The minimum absolute atomic E-state index is 0.101. The van der Waals surface area contributed by atoms with Crippen LogP contribution in [0.5, 0.6) is 0 Å². The van der Waals surface area contributed by atoms with Crippen molar-refractivity contribution in [1.82, 2.24) is 4.90 Å². The third-order valence-corrected chi connectivity index (χ3v) is 3.43. The number of ether oxygens (including phenoxy) is 1. The first kappa shape index (κ1) is 13.3. The van der Waals surface area contributed by atoms with Crippen molar-refractivity contribution in [2.24, 2.45) is 0 Å². The van der Waals surface area contributed by atoms with Gasteiger partial charge in [0.15, 0.2) is 6.10 Å². The quantitative estimate of drug-likeness (QED) is 0.608. The molecule has 1 heterocycles. The smallest absolute Gasteiger partial charge is 0.254 e. The average molecular weight is 272 g/mol. The van der Waals surface area contributed by atoms with Gasteiger partial charge in [-0.15, -0.1) is 11.6 Å². The lowest BCUT2D eigenvalue weighted by atomic mass is 9.90. The summed E-state index contributed by atoms with van der Waals surface area (Å²) in [6, 6.07) is 6.13. The zero-order valence-electron chi connectivity index (χ0n) is 10.1. The fourth-order valence-electron chi connectivity index (χ4n) is 2.27. The highest BCUT2D eigenvalue weighted by molar-refractivity contribution is 6.17. The Hall–Kier alpha value is -1.13. The van der Waals surface area contributed by atoms with Crippen LogP contribution in [0.3, 0.4) is 0 Å². The molecule has 1 aromatic rings. The molecule has 1 aliphatic heterocycles. The maximum atomic E-state index is 13.8. The van der Waals surface area contributed by atoms with Gasteiger partial charge in [-0.05, 0) is 12.5 Å². The second-order valence-corrected chi connectivity index (χ2v) is 4.57. The molecule has 0 N–H and O–H groups in total. The molecule has 0 bridgehead atoms. The van der Waals surface area contributed by atoms with Gasteiger partial charge in [0.2, 0.25) is 0 Å². The van der Waals surface area contributed by atoms with E-state index in [4.69, 9.17) is 16.3 Å². The van der Waals surface area contributed by atoms with Crippen molar-refractivity contribution in [1.29, 1.82) is 0 Å². The normalized spacial score (nSPS) is 23.1. The summed E-state index contributed by atoms with van der Waals surface area (Å²) in [7, 11) is 1.47. The van der Waals surface area contributed by atoms with E-state index in [1.165, 1.54) is 13.2 Å². The number of carbonyl (C=O) groups excluding carboxylic acids is 1. The predicted molar refractivity (Wildman–Crippen MR) is 67.0 cm³/mol. The maximum Gasteiger partial charge on any atom is 0.254 e. The molecule has 3 nitrogen and oxygen atoms in total. The van der Waals surface area contributed by atoms with Gasteiger partial charge in [0, 0.05) is 25.1 Å². The molecule has 18 heavy (non-hydrogen) atoms. The number of rotatable bonds is 5. The van der Waals surface area contributed by atoms with Gasteiger partial charge in [0.25, 0.3) is 5.91 Å². The monoisotopic (exact) mass is 271 g/mol. The number of alkyl halides is 1. The number of nitrogens with zero attached hydrogens (tertiary/aromatic N) is 1. The number of carbonyl (C=O) groups is 1. The summed E-state index contributed by atoms with van der Waals surface area (Å²) in [5.41, 5.74) is 0.499. The molecule has 1 fully saturated rings. The number of hydrogen-bond donors (Lipinski definition) is 0. The number of halogens is 2. The molecule has 0 aromatic heterocycles. The first-order valence-corrected chi connectivity index (χ1v) is 6.37. The molecule has 0 unspecified atom stereocenters. The minimum atomic E-state index is -0.586. The largest absolute Gasteiger partial charge is 0.369 e. The highest BCUT2D eigenvalue weighted by Gasteiger charge is 2.48. The Morgan fingerprint density at radius 2 is 2.17 bits per heavy atom.